The van der Waals surface area contributed by atoms with Gasteiger partial charge in [0.1, 0.15) is 0 Å². The molecule has 0 spiro atoms. The van der Waals surface area contributed by atoms with Crippen molar-refractivity contribution in [2.75, 3.05) is 6.61 Å². The summed E-state index contributed by atoms with van der Waals surface area (Å²) in [5.74, 6) is -0.0445. The lowest BCUT2D eigenvalue weighted by Crippen LogP contribution is -2.22. The molecule has 0 unspecified atom stereocenters. The van der Waals surface area contributed by atoms with Crippen LogP contribution < -0.4 is 5.32 Å². The average molecular weight is 244 g/mol. The van der Waals surface area contributed by atoms with Crippen LogP contribution >= 0.6 is 0 Å². The van der Waals surface area contributed by atoms with Crippen LogP contribution in [0.25, 0.3) is 10.9 Å². The summed E-state index contributed by atoms with van der Waals surface area (Å²) < 4.78 is 0. The highest BCUT2D eigenvalue weighted by Crippen LogP contribution is 2.15. The predicted molar refractivity (Wildman–Crippen MR) is 69.9 cm³/mol. The SMILES string of the molecule is O=C(CCCO)NCc1cccc2cccnc12. The molecule has 0 aliphatic heterocycles. The van der Waals surface area contributed by atoms with E-state index in [0.29, 0.717) is 19.4 Å². The van der Waals surface area contributed by atoms with E-state index in [1.54, 1.807) is 6.20 Å². The van der Waals surface area contributed by atoms with Crippen LogP contribution in [0, 0.1) is 0 Å². The number of carbonyl (C=O) groups excluding carboxylic acids is 1. The fraction of sp³-hybridized carbons (Fsp3) is 0.286. The van der Waals surface area contributed by atoms with E-state index < -0.39 is 0 Å². The Morgan fingerprint density at radius 3 is 2.94 bits per heavy atom. The second-order valence-corrected chi connectivity index (χ2v) is 4.10. The van der Waals surface area contributed by atoms with Crippen molar-refractivity contribution in [3.63, 3.8) is 0 Å². The number of nitrogens with one attached hydrogen (secondary N) is 1. The van der Waals surface area contributed by atoms with Crippen molar-refractivity contribution in [2.24, 2.45) is 0 Å². The lowest BCUT2D eigenvalue weighted by Gasteiger charge is -2.07. The van der Waals surface area contributed by atoms with Crippen molar-refractivity contribution in [3.05, 3.63) is 42.1 Å². The number of para-hydroxylation sites is 1. The van der Waals surface area contributed by atoms with Gasteiger partial charge < -0.3 is 10.4 Å². The van der Waals surface area contributed by atoms with Crippen LogP contribution in [0.4, 0.5) is 0 Å². The van der Waals surface area contributed by atoms with Crippen LogP contribution in [-0.4, -0.2) is 22.6 Å². The summed E-state index contributed by atoms with van der Waals surface area (Å²) in [6.07, 6.45) is 2.60. The number of hydrogen-bond donors (Lipinski definition) is 2. The van der Waals surface area contributed by atoms with Crippen LogP contribution in [0.2, 0.25) is 0 Å². The Labute approximate surface area is 106 Å². The molecule has 4 nitrogen and oxygen atoms in total. The molecule has 2 aromatic rings. The summed E-state index contributed by atoms with van der Waals surface area (Å²) in [6.45, 7) is 0.516. The van der Waals surface area contributed by atoms with Crippen LogP contribution in [0.5, 0.6) is 0 Å². The number of rotatable bonds is 5. The summed E-state index contributed by atoms with van der Waals surface area (Å²) in [5, 5.41) is 12.6. The normalized spacial score (nSPS) is 10.5. The van der Waals surface area contributed by atoms with E-state index in [4.69, 9.17) is 5.11 Å². The van der Waals surface area contributed by atoms with E-state index in [1.165, 1.54) is 0 Å². The van der Waals surface area contributed by atoms with E-state index in [0.717, 1.165) is 16.5 Å². The van der Waals surface area contributed by atoms with Gasteiger partial charge in [-0.25, -0.2) is 0 Å². The van der Waals surface area contributed by atoms with Gasteiger partial charge in [-0.1, -0.05) is 24.3 Å². The molecule has 0 fully saturated rings. The Morgan fingerprint density at radius 2 is 2.11 bits per heavy atom. The minimum Gasteiger partial charge on any atom is -0.396 e. The van der Waals surface area contributed by atoms with Gasteiger partial charge in [-0.2, -0.15) is 0 Å². The van der Waals surface area contributed by atoms with Crippen LogP contribution in [0.15, 0.2) is 36.5 Å². The molecule has 1 heterocycles. The maximum absolute atomic E-state index is 11.5. The fourth-order valence-corrected chi connectivity index (χ4v) is 1.83. The number of aliphatic hydroxyl groups excluding tert-OH is 1. The number of pyridine rings is 1. The minimum absolute atomic E-state index is 0.0445. The van der Waals surface area contributed by atoms with Crippen LogP contribution in [-0.2, 0) is 11.3 Å². The molecule has 0 bridgehead atoms. The van der Waals surface area contributed by atoms with Crippen molar-refractivity contribution >= 4 is 16.8 Å². The number of aromatic nitrogens is 1. The molecule has 18 heavy (non-hydrogen) atoms. The summed E-state index contributed by atoms with van der Waals surface area (Å²) in [4.78, 5) is 15.8. The van der Waals surface area contributed by atoms with Crippen molar-refractivity contribution in [1.29, 1.82) is 0 Å². The number of hydrogen-bond acceptors (Lipinski definition) is 3. The number of amides is 1. The van der Waals surface area contributed by atoms with Gasteiger partial charge in [-0.3, -0.25) is 9.78 Å². The molecule has 94 valence electrons. The molecule has 0 aliphatic rings. The molecule has 0 saturated heterocycles. The lowest BCUT2D eigenvalue weighted by molar-refractivity contribution is -0.121. The van der Waals surface area contributed by atoms with E-state index in [-0.39, 0.29) is 12.5 Å². The van der Waals surface area contributed by atoms with Gasteiger partial charge in [0.05, 0.1) is 5.52 Å². The van der Waals surface area contributed by atoms with E-state index in [9.17, 15) is 4.79 Å². The average Bonchev–Trinajstić information content (AvgIpc) is 2.42. The van der Waals surface area contributed by atoms with Gasteiger partial charge in [-0.05, 0) is 18.1 Å². The highest BCUT2D eigenvalue weighted by Gasteiger charge is 2.04. The first-order chi connectivity index (χ1) is 8.81. The molecule has 4 heteroatoms. The molecule has 1 amide bonds. The maximum Gasteiger partial charge on any atom is 0.220 e. The minimum atomic E-state index is -0.0445. The molecule has 1 aromatic carbocycles. The Kier molecular flexibility index (Phi) is 4.25. The summed E-state index contributed by atoms with van der Waals surface area (Å²) in [6, 6.07) is 9.81. The Balaban J connectivity index is 2.05. The van der Waals surface area contributed by atoms with Gasteiger partial charge in [-0.15, -0.1) is 0 Å². The summed E-state index contributed by atoms with van der Waals surface area (Å²) in [7, 11) is 0. The molecule has 1 aromatic heterocycles. The van der Waals surface area contributed by atoms with Crippen LogP contribution in [0.1, 0.15) is 18.4 Å². The van der Waals surface area contributed by atoms with Gasteiger partial charge in [0.2, 0.25) is 5.91 Å². The standard InChI is InChI=1S/C14H16N2O2/c17-9-3-7-13(18)16-10-12-5-1-4-11-6-2-8-15-14(11)12/h1-2,4-6,8,17H,3,7,9-10H2,(H,16,18). The van der Waals surface area contributed by atoms with E-state index >= 15 is 0 Å². The number of benzene rings is 1. The maximum atomic E-state index is 11.5. The van der Waals surface area contributed by atoms with E-state index in [2.05, 4.69) is 10.3 Å². The lowest BCUT2D eigenvalue weighted by atomic mass is 10.1. The molecule has 0 atom stereocenters. The first kappa shape index (κ1) is 12.5. The third-order valence-electron chi connectivity index (χ3n) is 2.75. The fourth-order valence-electron chi connectivity index (χ4n) is 1.83. The van der Waals surface area contributed by atoms with Gasteiger partial charge in [0.25, 0.3) is 0 Å². The third-order valence-corrected chi connectivity index (χ3v) is 2.75. The molecule has 2 rings (SSSR count). The topological polar surface area (TPSA) is 62.2 Å². The summed E-state index contributed by atoms with van der Waals surface area (Å²) >= 11 is 0. The Bertz CT molecular complexity index is 535. The van der Waals surface area contributed by atoms with Crippen molar-refractivity contribution in [2.45, 2.75) is 19.4 Å². The number of aliphatic hydroxyl groups is 1. The zero-order chi connectivity index (χ0) is 12.8. The molecule has 0 aliphatic carbocycles. The number of nitrogens with zero attached hydrogens (tertiary/aromatic N) is 1. The monoisotopic (exact) mass is 244 g/mol. The first-order valence-electron chi connectivity index (χ1n) is 6.01. The van der Waals surface area contributed by atoms with Crippen molar-refractivity contribution in [1.82, 2.24) is 10.3 Å². The predicted octanol–water partition coefficient (Wildman–Crippen LogP) is 1.62. The van der Waals surface area contributed by atoms with Gasteiger partial charge in [0, 0.05) is 31.2 Å². The zero-order valence-corrected chi connectivity index (χ0v) is 10.1. The Hall–Kier alpha value is -1.94. The number of carbonyl (C=O) groups is 1. The molecule has 2 N–H and O–H groups in total. The second kappa shape index (κ2) is 6.12. The highest BCUT2D eigenvalue weighted by molar-refractivity contribution is 5.82. The number of fused-ring (bicyclic) bond motifs is 1. The molecular formula is C14H16N2O2. The largest absolute Gasteiger partial charge is 0.396 e. The van der Waals surface area contributed by atoms with Gasteiger partial charge in [0.15, 0.2) is 0 Å². The van der Waals surface area contributed by atoms with Crippen molar-refractivity contribution < 1.29 is 9.90 Å². The third kappa shape index (κ3) is 3.05. The van der Waals surface area contributed by atoms with Gasteiger partial charge >= 0.3 is 0 Å². The highest BCUT2D eigenvalue weighted by atomic mass is 16.3. The van der Waals surface area contributed by atoms with Crippen molar-refractivity contribution in [3.8, 4) is 0 Å². The van der Waals surface area contributed by atoms with Crippen LogP contribution in [0.3, 0.4) is 0 Å². The Morgan fingerprint density at radius 1 is 1.28 bits per heavy atom. The first-order valence-corrected chi connectivity index (χ1v) is 6.01. The summed E-state index contributed by atoms with van der Waals surface area (Å²) in [5.41, 5.74) is 1.92. The zero-order valence-electron chi connectivity index (χ0n) is 10.1. The molecule has 0 radical (unpaired) electrons. The molecule has 0 saturated carbocycles. The quantitative estimate of drug-likeness (QED) is 0.840. The molecular weight excluding hydrogens is 228 g/mol. The van der Waals surface area contributed by atoms with E-state index in [1.807, 2.05) is 30.3 Å². The smallest absolute Gasteiger partial charge is 0.220 e. The second-order valence-electron chi connectivity index (χ2n) is 4.10.